The van der Waals surface area contributed by atoms with E-state index in [1.165, 1.54) is 0 Å². The molecule has 0 fully saturated rings. The Morgan fingerprint density at radius 1 is 1.50 bits per heavy atom. The van der Waals surface area contributed by atoms with Crippen molar-refractivity contribution in [3.8, 4) is 0 Å². The summed E-state index contributed by atoms with van der Waals surface area (Å²) in [5.41, 5.74) is 0. The maximum Gasteiger partial charge on any atom is 0.134 e. The molecule has 0 aliphatic carbocycles. The Hall–Kier alpha value is -0.130. The molecule has 0 amide bonds. The Kier molecular flexibility index (Phi) is 5.44. The number of hydrogen-bond donors (Lipinski definition) is 1. The highest BCUT2D eigenvalue weighted by atomic mass is 32.2. The monoisotopic (exact) mass is 231 g/mol. The average molecular weight is 231 g/mol. The van der Waals surface area contributed by atoms with Crippen LogP contribution in [0.1, 0.15) is 29.9 Å². The number of hydrogen-bond acceptors (Lipinski definition) is 5. The van der Waals surface area contributed by atoms with Crippen LogP contribution in [0, 0.1) is 0 Å². The molecule has 14 heavy (non-hydrogen) atoms. The molecule has 1 heterocycles. The Bertz CT molecular complexity index is 262. The van der Waals surface area contributed by atoms with Gasteiger partial charge in [0.15, 0.2) is 0 Å². The summed E-state index contributed by atoms with van der Waals surface area (Å²) in [6.07, 6.45) is 3.15. The summed E-state index contributed by atoms with van der Waals surface area (Å²) in [5, 5.41) is 13.9. The number of aromatic nitrogens is 2. The largest absolute Gasteiger partial charge is 0.308 e. The molecule has 1 unspecified atom stereocenters. The molecule has 0 saturated heterocycles. The van der Waals surface area contributed by atoms with Crippen LogP contribution < -0.4 is 5.32 Å². The minimum atomic E-state index is 0.334. The maximum absolute atomic E-state index is 4.18. The topological polar surface area (TPSA) is 37.8 Å². The van der Waals surface area contributed by atoms with Crippen molar-refractivity contribution in [2.24, 2.45) is 0 Å². The summed E-state index contributed by atoms with van der Waals surface area (Å²) in [6, 6.07) is 0.334. The van der Waals surface area contributed by atoms with Crippen molar-refractivity contribution in [1.82, 2.24) is 15.5 Å². The van der Waals surface area contributed by atoms with Gasteiger partial charge in [0.05, 0.1) is 6.04 Å². The highest BCUT2D eigenvalue weighted by Crippen LogP contribution is 2.18. The van der Waals surface area contributed by atoms with Gasteiger partial charge in [-0.25, -0.2) is 0 Å². The van der Waals surface area contributed by atoms with Crippen LogP contribution in [0.2, 0.25) is 0 Å². The minimum absolute atomic E-state index is 0.334. The van der Waals surface area contributed by atoms with E-state index < -0.39 is 0 Å². The number of aryl methyl sites for hydroxylation is 1. The highest BCUT2D eigenvalue weighted by Gasteiger charge is 2.09. The predicted octanol–water partition coefficient (Wildman–Crippen LogP) is 2.11. The van der Waals surface area contributed by atoms with Crippen LogP contribution in [0.15, 0.2) is 0 Å². The molecule has 1 rings (SSSR count). The molecule has 0 radical (unpaired) electrons. The van der Waals surface area contributed by atoms with E-state index in [2.05, 4.69) is 35.6 Å². The standard InChI is InChI=1S/C9H17N3S2/c1-4-10-7(2)9-12-11-8(14-9)5-6-13-3/h7,10H,4-6H2,1-3H3. The minimum Gasteiger partial charge on any atom is -0.308 e. The van der Waals surface area contributed by atoms with Gasteiger partial charge in [-0.1, -0.05) is 18.3 Å². The zero-order valence-corrected chi connectivity index (χ0v) is 10.5. The Morgan fingerprint density at radius 3 is 2.93 bits per heavy atom. The molecule has 1 aromatic rings. The quantitative estimate of drug-likeness (QED) is 0.814. The molecule has 0 aliphatic rings. The van der Waals surface area contributed by atoms with Gasteiger partial charge in [-0.05, 0) is 25.5 Å². The summed E-state index contributed by atoms with van der Waals surface area (Å²) in [7, 11) is 0. The van der Waals surface area contributed by atoms with E-state index in [0.717, 1.165) is 28.7 Å². The Labute approximate surface area is 93.7 Å². The maximum atomic E-state index is 4.18. The first-order valence-corrected chi connectivity index (χ1v) is 7.03. The lowest BCUT2D eigenvalue weighted by atomic mass is 10.3. The first-order valence-electron chi connectivity index (χ1n) is 4.82. The molecule has 0 bridgehead atoms. The van der Waals surface area contributed by atoms with Crippen LogP contribution in [0.5, 0.6) is 0 Å². The molecular formula is C9H17N3S2. The Morgan fingerprint density at radius 2 is 2.29 bits per heavy atom. The molecule has 3 nitrogen and oxygen atoms in total. The summed E-state index contributed by atoms with van der Waals surface area (Å²) in [4.78, 5) is 0. The van der Waals surface area contributed by atoms with Gasteiger partial charge in [0, 0.05) is 6.42 Å². The van der Waals surface area contributed by atoms with Gasteiger partial charge in [0.2, 0.25) is 0 Å². The summed E-state index contributed by atoms with van der Waals surface area (Å²) in [5.74, 6) is 1.13. The van der Waals surface area contributed by atoms with E-state index in [1.54, 1.807) is 11.3 Å². The highest BCUT2D eigenvalue weighted by molar-refractivity contribution is 7.98. The lowest BCUT2D eigenvalue weighted by molar-refractivity contribution is 0.589. The van der Waals surface area contributed by atoms with Gasteiger partial charge in [0.25, 0.3) is 0 Å². The summed E-state index contributed by atoms with van der Waals surface area (Å²) < 4.78 is 0. The normalized spacial score (nSPS) is 13.1. The van der Waals surface area contributed by atoms with E-state index in [0.29, 0.717) is 6.04 Å². The fraction of sp³-hybridized carbons (Fsp3) is 0.778. The van der Waals surface area contributed by atoms with Crippen molar-refractivity contribution in [3.05, 3.63) is 10.0 Å². The van der Waals surface area contributed by atoms with Crippen molar-refractivity contribution in [3.63, 3.8) is 0 Å². The van der Waals surface area contributed by atoms with E-state index in [9.17, 15) is 0 Å². The van der Waals surface area contributed by atoms with Gasteiger partial charge in [-0.2, -0.15) is 11.8 Å². The van der Waals surface area contributed by atoms with Crippen molar-refractivity contribution in [2.45, 2.75) is 26.3 Å². The predicted molar refractivity (Wildman–Crippen MR) is 64.1 cm³/mol. The first kappa shape index (κ1) is 11.9. The third kappa shape index (κ3) is 3.55. The number of nitrogens with one attached hydrogen (secondary N) is 1. The van der Waals surface area contributed by atoms with Crippen molar-refractivity contribution in [2.75, 3.05) is 18.6 Å². The fourth-order valence-electron chi connectivity index (χ4n) is 1.13. The molecule has 0 aromatic carbocycles. The zero-order chi connectivity index (χ0) is 10.4. The molecule has 1 aromatic heterocycles. The van der Waals surface area contributed by atoms with Crippen LogP contribution in [0.3, 0.4) is 0 Å². The SMILES string of the molecule is CCNC(C)c1nnc(CCSC)s1. The second-order valence-electron chi connectivity index (χ2n) is 3.06. The van der Waals surface area contributed by atoms with Crippen molar-refractivity contribution in [1.29, 1.82) is 0 Å². The van der Waals surface area contributed by atoms with Crippen LogP contribution in [0.25, 0.3) is 0 Å². The first-order chi connectivity index (χ1) is 6.77. The van der Waals surface area contributed by atoms with Gasteiger partial charge >= 0.3 is 0 Å². The molecule has 0 saturated carbocycles. The molecule has 5 heteroatoms. The van der Waals surface area contributed by atoms with Gasteiger partial charge in [-0.15, -0.1) is 10.2 Å². The number of thioether (sulfide) groups is 1. The molecular weight excluding hydrogens is 214 g/mol. The average Bonchev–Trinajstić information content (AvgIpc) is 2.63. The molecule has 1 N–H and O–H groups in total. The van der Waals surface area contributed by atoms with Crippen molar-refractivity contribution >= 4 is 23.1 Å². The fourth-order valence-corrected chi connectivity index (χ4v) is 2.52. The number of nitrogens with zero attached hydrogens (tertiary/aromatic N) is 2. The Balaban J connectivity index is 2.49. The van der Waals surface area contributed by atoms with Crippen LogP contribution >= 0.6 is 23.1 Å². The lowest BCUT2D eigenvalue weighted by Crippen LogP contribution is -2.17. The lowest BCUT2D eigenvalue weighted by Gasteiger charge is -2.06. The van der Waals surface area contributed by atoms with E-state index in [-0.39, 0.29) is 0 Å². The summed E-state index contributed by atoms with van der Waals surface area (Å²) >= 11 is 3.57. The van der Waals surface area contributed by atoms with Gasteiger partial charge in [-0.3, -0.25) is 0 Å². The molecule has 0 spiro atoms. The van der Waals surface area contributed by atoms with E-state index >= 15 is 0 Å². The number of rotatable bonds is 6. The summed E-state index contributed by atoms with van der Waals surface area (Å²) in [6.45, 7) is 5.20. The van der Waals surface area contributed by atoms with Crippen LogP contribution in [-0.4, -0.2) is 28.8 Å². The van der Waals surface area contributed by atoms with Crippen LogP contribution in [-0.2, 0) is 6.42 Å². The third-order valence-corrected chi connectivity index (χ3v) is 3.66. The van der Waals surface area contributed by atoms with E-state index in [4.69, 9.17) is 0 Å². The van der Waals surface area contributed by atoms with Gasteiger partial charge in [0.1, 0.15) is 10.0 Å². The van der Waals surface area contributed by atoms with Crippen LogP contribution in [0.4, 0.5) is 0 Å². The van der Waals surface area contributed by atoms with Crippen molar-refractivity contribution < 1.29 is 0 Å². The zero-order valence-electron chi connectivity index (χ0n) is 8.91. The third-order valence-electron chi connectivity index (χ3n) is 1.88. The second kappa shape index (κ2) is 6.37. The smallest absolute Gasteiger partial charge is 0.134 e. The molecule has 0 aliphatic heterocycles. The molecule has 1 atom stereocenters. The van der Waals surface area contributed by atoms with E-state index in [1.807, 2.05) is 11.8 Å². The molecule has 80 valence electrons. The van der Waals surface area contributed by atoms with Gasteiger partial charge < -0.3 is 5.32 Å². The second-order valence-corrected chi connectivity index (χ2v) is 5.14.